The molecule has 0 fully saturated rings. The summed E-state index contributed by atoms with van der Waals surface area (Å²) in [4.78, 5) is 17.5. The molecule has 1 atom stereocenters. The van der Waals surface area contributed by atoms with Crippen molar-refractivity contribution in [3.63, 3.8) is 0 Å². The van der Waals surface area contributed by atoms with Crippen LogP contribution in [0.4, 0.5) is 0 Å². The van der Waals surface area contributed by atoms with Crippen molar-refractivity contribution in [3.05, 3.63) is 29.3 Å². The number of carboxylic acid groups (broad SMARTS) is 1. The van der Waals surface area contributed by atoms with E-state index in [0.717, 1.165) is 17.1 Å². The first-order valence-corrected chi connectivity index (χ1v) is 7.24. The van der Waals surface area contributed by atoms with Crippen LogP contribution in [0.3, 0.4) is 0 Å². The van der Waals surface area contributed by atoms with E-state index in [0.29, 0.717) is 6.54 Å². The molecule has 1 aromatic heterocycles. The van der Waals surface area contributed by atoms with Crippen LogP contribution in [-0.2, 0) is 4.79 Å². The fraction of sp³-hybridized carbons (Fsp3) is 0.429. The highest BCUT2D eigenvalue weighted by Crippen LogP contribution is 2.29. The van der Waals surface area contributed by atoms with Gasteiger partial charge in [0.1, 0.15) is 5.01 Å². The van der Waals surface area contributed by atoms with Gasteiger partial charge in [0.2, 0.25) is 0 Å². The maximum absolute atomic E-state index is 10.7. The minimum absolute atomic E-state index is 0.154. The van der Waals surface area contributed by atoms with Crippen molar-refractivity contribution in [1.29, 1.82) is 0 Å². The second kappa shape index (κ2) is 6.12. The molecule has 0 bridgehead atoms. The van der Waals surface area contributed by atoms with Crippen LogP contribution in [0.25, 0.3) is 10.2 Å². The first-order valence-electron chi connectivity index (χ1n) is 6.43. The number of aromatic nitrogens is 1. The Kier molecular flexibility index (Phi) is 4.50. The number of nitrogens with zero attached hydrogens (tertiary/aromatic N) is 2. The maximum Gasteiger partial charge on any atom is 0.304 e. The Bertz CT molecular complexity index is 534. The van der Waals surface area contributed by atoms with E-state index in [9.17, 15) is 4.79 Å². The molecule has 0 amide bonds. The minimum atomic E-state index is -0.755. The van der Waals surface area contributed by atoms with Crippen molar-refractivity contribution < 1.29 is 9.90 Å². The lowest BCUT2D eigenvalue weighted by molar-refractivity contribution is -0.137. The molecule has 2 aromatic rings. The maximum atomic E-state index is 10.7. The molecular formula is C14H18N2O2S. The summed E-state index contributed by atoms with van der Waals surface area (Å²) < 4.78 is 1.18. The van der Waals surface area contributed by atoms with Gasteiger partial charge in [0.25, 0.3) is 0 Å². The number of benzene rings is 1. The van der Waals surface area contributed by atoms with Crippen LogP contribution >= 0.6 is 11.3 Å². The normalized spacial score (nSPS) is 13.0. The zero-order valence-electron chi connectivity index (χ0n) is 11.2. The van der Waals surface area contributed by atoms with Crippen LogP contribution in [0, 0.1) is 0 Å². The summed E-state index contributed by atoms with van der Waals surface area (Å²) >= 11 is 1.68. The molecule has 1 N–H and O–H groups in total. The highest BCUT2D eigenvalue weighted by molar-refractivity contribution is 7.18. The molecule has 1 aromatic carbocycles. The van der Waals surface area contributed by atoms with Gasteiger partial charge in [-0.25, -0.2) is 4.98 Å². The fourth-order valence-electron chi connectivity index (χ4n) is 2.09. The lowest BCUT2D eigenvalue weighted by Gasteiger charge is -2.25. The van der Waals surface area contributed by atoms with Crippen molar-refractivity contribution in [2.45, 2.75) is 26.3 Å². The smallest absolute Gasteiger partial charge is 0.304 e. The molecule has 0 spiro atoms. The third kappa shape index (κ3) is 3.30. The summed E-state index contributed by atoms with van der Waals surface area (Å²) in [7, 11) is 0. The Morgan fingerprint density at radius 3 is 2.84 bits per heavy atom. The average Bonchev–Trinajstić information content (AvgIpc) is 2.82. The molecule has 0 saturated heterocycles. The number of hydrogen-bond acceptors (Lipinski definition) is 4. The Balaban J connectivity index is 2.16. The number of aliphatic carboxylic acids is 1. The van der Waals surface area contributed by atoms with Crippen LogP contribution < -0.4 is 0 Å². The predicted octanol–water partition coefficient (Wildman–Crippen LogP) is 3.15. The van der Waals surface area contributed by atoms with Gasteiger partial charge >= 0.3 is 5.97 Å². The van der Waals surface area contributed by atoms with Gasteiger partial charge < -0.3 is 5.11 Å². The highest BCUT2D eigenvalue weighted by atomic mass is 32.1. The van der Waals surface area contributed by atoms with E-state index in [1.165, 1.54) is 4.70 Å². The largest absolute Gasteiger partial charge is 0.481 e. The van der Waals surface area contributed by atoms with Crippen molar-refractivity contribution in [3.8, 4) is 0 Å². The average molecular weight is 278 g/mol. The zero-order valence-corrected chi connectivity index (χ0v) is 12.0. The van der Waals surface area contributed by atoms with E-state index in [2.05, 4.69) is 22.9 Å². The fourth-order valence-corrected chi connectivity index (χ4v) is 3.14. The number of fused-ring (bicyclic) bond motifs is 1. The quantitative estimate of drug-likeness (QED) is 0.882. The summed E-state index contributed by atoms with van der Waals surface area (Å²) in [6.45, 7) is 5.52. The van der Waals surface area contributed by atoms with Crippen LogP contribution in [0.2, 0.25) is 0 Å². The number of para-hydroxylation sites is 1. The van der Waals surface area contributed by atoms with Crippen molar-refractivity contribution in [2.75, 3.05) is 13.1 Å². The zero-order chi connectivity index (χ0) is 13.8. The van der Waals surface area contributed by atoms with Crippen molar-refractivity contribution in [2.24, 2.45) is 0 Å². The molecule has 102 valence electrons. The van der Waals surface area contributed by atoms with E-state index in [-0.39, 0.29) is 12.5 Å². The summed E-state index contributed by atoms with van der Waals surface area (Å²) in [5.41, 5.74) is 1.02. The number of carboxylic acids is 1. The van der Waals surface area contributed by atoms with Gasteiger partial charge in [0, 0.05) is 6.54 Å². The second-order valence-corrected chi connectivity index (χ2v) is 5.53. The molecule has 4 nitrogen and oxygen atoms in total. The van der Waals surface area contributed by atoms with Gasteiger partial charge in [-0.1, -0.05) is 19.1 Å². The van der Waals surface area contributed by atoms with E-state index in [4.69, 9.17) is 5.11 Å². The minimum Gasteiger partial charge on any atom is -0.481 e. The number of hydrogen-bond donors (Lipinski definition) is 1. The highest BCUT2D eigenvalue weighted by Gasteiger charge is 2.18. The molecule has 19 heavy (non-hydrogen) atoms. The molecule has 5 heteroatoms. The van der Waals surface area contributed by atoms with Gasteiger partial charge in [-0.15, -0.1) is 11.3 Å². The molecule has 1 unspecified atom stereocenters. The predicted molar refractivity (Wildman–Crippen MR) is 77.5 cm³/mol. The molecule has 0 saturated carbocycles. The van der Waals surface area contributed by atoms with Gasteiger partial charge in [-0.05, 0) is 25.6 Å². The number of carbonyl (C=O) groups is 1. The van der Waals surface area contributed by atoms with Crippen LogP contribution in [0.5, 0.6) is 0 Å². The third-order valence-corrected chi connectivity index (χ3v) is 4.44. The lowest BCUT2D eigenvalue weighted by atomic mass is 10.2. The van der Waals surface area contributed by atoms with Gasteiger partial charge in [0.15, 0.2) is 0 Å². The topological polar surface area (TPSA) is 53.4 Å². The molecular weight excluding hydrogens is 260 g/mol. The third-order valence-electron chi connectivity index (χ3n) is 3.23. The van der Waals surface area contributed by atoms with Crippen molar-refractivity contribution >= 4 is 27.5 Å². The van der Waals surface area contributed by atoms with E-state index < -0.39 is 5.97 Å². The van der Waals surface area contributed by atoms with Crippen LogP contribution in [0.15, 0.2) is 24.3 Å². The molecule has 0 aliphatic heterocycles. The Morgan fingerprint density at radius 2 is 2.21 bits per heavy atom. The van der Waals surface area contributed by atoms with Crippen LogP contribution in [0.1, 0.15) is 31.3 Å². The van der Waals surface area contributed by atoms with E-state index in [1.807, 2.05) is 25.1 Å². The number of rotatable bonds is 6. The molecule has 2 rings (SSSR count). The van der Waals surface area contributed by atoms with Crippen molar-refractivity contribution in [1.82, 2.24) is 9.88 Å². The Labute approximate surface area is 116 Å². The van der Waals surface area contributed by atoms with Gasteiger partial charge in [0.05, 0.1) is 22.7 Å². The van der Waals surface area contributed by atoms with Crippen LogP contribution in [-0.4, -0.2) is 34.0 Å². The summed E-state index contributed by atoms with van der Waals surface area (Å²) in [5, 5.41) is 9.83. The number of thiazole rings is 1. The lowest BCUT2D eigenvalue weighted by Crippen LogP contribution is -2.29. The Hall–Kier alpha value is -1.46. The molecule has 0 aliphatic rings. The second-order valence-electron chi connectivity index (χ2n) is 4.47. The molecule has 1 heterocycles. The summed E-state index contributed by atoms with van der Waals surface area (Å²) in [5.74, 6) is -0.755. The SMILES string of the molecule is CCN(CCC(=O)O)C(C)c1nc2ccccc2s1. The standard InChI is InChI=1S/C14H18N2O2S/c1-3-16(9-8-13(17)18)10(2)14-15-11-6-4-5-7-12(11)19-14/h4-7,10H,3,8-9H2,1-2H3,(H,17,18). The van der Waals surface area contributed by atoms with Gasteiger partial charge in [-0.3, -0.25) is 9.69 Å². The Morgan fingerprint density at radius 1 is 1.47 bits per heavy atom. The molecule has 0 aliphatic carbocycles. The molecule has 0 radical (unpaired) electrons. The monoisotopic (exact) mass is 278 g/mol. The van der Waals surface area contributed by atoms with Gasteiger partial charge in [-0.2, -0.15) is 0 Å². The summed E-state index contributed by atoms with van der Waals surface area (Å²) in [6, 6.07) is 8.23. The van der Waals surface area contributed by atoms with E-state index in [1.54, 1.807) is 11.3 Å². The van der Waals surface area contributed by atoms with E-state index >= 15 is 0 Å². The first-order chi connectivity index (χ1) is 9.11. The first kappa shape index (κ1) is 14.0. The summed E-state index contributed by atoms with van der Waals surface area (Å²) in [6.07, 6.45) is 0.170.